The highest BCUT2D eigenvalue weighted by molar-refractivity contribution is 7.99. The lowest BCUT2D eigenvalue weighted by molar-refractivity contribution is -0.182. The molecule has 8 nitrogen and oxygen atoms in total. The number of carbonyl (C=O) groups is 3. The second-order valence-electron chi connectivity index (χ2n) is 9.01. The molecule has 0 saturated carbocycles. The molecule has 0 fully saturated rings. The molecular weight excluding hydrogens is 514 g/mol. The van der Waals surface area contributed by atoms with Crippen LogP contribution in [-0.4, -0.2) is 42.3 Å². The molecule has 2 N–H and O–H groups in total. The Balaban J connectivity index is 1.52. The van der Waals surface area contributed by atoms with Crippen molar-refractivity contribution in [1.29, 1.82) is 0 Å². The maximum Gasteiger partial charge on any atom is 0.288 e. The first-order valence-corrected chi connectivity index (χ1v) is 14.3. The molecule has 1 atom stereocenters. The van der Waals surface area contributed by atoms with E-state index in [-0.39, 0.29) is 31.5 Å². The molecule has 0 bridgehead atoms. The molecule has 3 aromatic rings. The Hall–Kier alpha value is -3.56. The maximum atomic E-state index is 13.0. The maximum absolute atomic E-state index is 13.0. The third kappa shape index (κ3) is 9.92. The molecule has 0 spiro atoms. The number of rotatable bonds is 17. The van der Waals surface area contributed by atoms with Gasteiger partial charge in [-0.3, -0.25) is 19.2 Å². The number of hydroxylamine groups is 2. The molecule has 39 heavy (non-hydrogen) atoms. The number of benzene rings is 2. The number of amides is 3. The summed E-state index contributed by atoms with van der Waals surface area (Å²) in [5, 5.41) is 6.61. The molecular formula is C30H37N3O5S. The van der Waals surface area contributed by atoms with Crippen LogP contribution in [0.2, 0.25) is 0 Å². The third-order valence-electron chi connectivity index (χ3n) is 6.06. The lowest BCUT2D eigenvalue weighted by Gasteiger charge is -2.23. The second-order valence-corrected chi connectivity index (χ2v) is 10.3. The van der Waals surface area contributed by atoms with Gasteiger partial charge in [-0.15, -0.1) is 11.8 Å². The van der Waals surface area contributed by atoms with Gasteiger partial charge in [-0.05, 0) is 42.0 Å². The number of carbonyl (C=O) groups excluding carboxylic acids is 3. The molecule has 1 unspecified atom stereocenters. The Morgan fingerprint density at radius 2 is 1.85 bits per heavy atom. The zero-order chi connectivity index (χ0) is 27.9. The van der Waals surface area contributed by atoms with E-state index in [4.69, 9.17) is 9.25 Å². The number of unbranched alkanes of at least 4 members (excludes halogenated alkanes) is 2. The first kappa shape index (κ1) is 30.0. The molecule has 1 aromatic heterocycles. The van der Waals surface area contributed by atoms with Crippen molar-refractivity contribution in [2.45, 2.75) is 51.0 Å². The fourth-order valence-electron chi connectivity index (χ4n) is 3.99. The van der Waals surface area contributed by atoms with Crippen molar-refractivity contribution >= 4 is 30.0 Å². The first-order valence-electron chi connectivity index (χ1n) is 13.3. The van der Waals surface area contributed by atoms with Crippen molar-refractivity contribution < 1.29 is 23.6 Å². The van der Waals surface area contributed by atoms with Crippen molar-refractivity contribution in [1.82, 2.24) is 15.7 Å². The highest BCUT2D eigenvalue weighted by atomic mass is 32.2. The van der Waals surface area contributed by atoms with Crippen LogP contribution in [0.4, 0.5) is 0 Å². The Kier molecular flexibility index (Phi) is 12.6. The van der Waals surface area contributed by atoms with E-state index in [1.807, 2.05) is 54.6 Å². The van der Waals surface area contributed by atoms with Crippen molar-refractivity contribution in [3.8, 4) is 11.3 Å². The topological polar surface area (TPSA) is 101 Å². The molecule has 2 aromatic carbocycles. The number of nitrogens with zero attached hydrogens (tertiary/aromatic N) is 1. The van der Waals surface area contributed by atoms with E-state index in [0.717, 1.165) is 41.0 Å². The zero-order valence-corrected chi connectivity index (χ0v) is 23.4. The van der Waals surface area contributed by atoms with Gasteiger partial charge in [0.15, 0.2) is 5.76 Å². The van der Waals surface area contributed by atoms with Gasteiger partial charge in [0.25, 0.3) is 5.91 Å². The lowest BCUT2D eigenvalue weighted by atomic mass is 10.0. The Morgan fingerprint density at radius 3 is 2.59 bits per heavy atom. The number of thioether (sulfide) groups is 1. The quantitative estimate of drug-likeness (QED) is 0.0739. The van der Waals surface area contributed by atoms with Crippen molar-refractivity contribution in [2.24, 2.45) is 5.92 Å². The largest absolute Gasteiger partial charge is 0.451 e. The fourth-order valence-corrected chi connectivity index (χ4v) is 4.70. The highest BCUT2D eigenvalue weighted by Crippen LogP contribution is 2.27. The third-order valence-corrected chi connectivity index (χ3v) is 6.93. The summed E-state index contributed by atoms with van der Waals surface area (Å²) in [4.78, 5) is 44.0. The summed E-state index contributed by atoms with van der Waals surface area (Å²) in [5.74, 6) is 0.569. The van der Waals surface area contributed by atoms with E-state index in [9.17, 15) is 14.4 Å². The number of hydrogen-bond acceptors (Lipinski definition) is 6. The van der Waals surface area contributed by atoms with E-state index < -0.39 is 11.8 Å². The fraction of sp³-hybridized carbons (Fsp3) is 0.367. The Morgan fingerprint density at radius 1 is 1.03 bits per heavy atom. The van der Waals surface area contributed by atoms with Gasteiger partial charge in [0.2, 0.25) is 12.3 Å². The average molecular weight is 552 g/mol. The van der Waals surface area contributed by atoms with E-state index in [0.29, 0.717) is 18.6 Å². The summed E-state index contributed by atoms with van der Waals surface area (Å²) in [7, 11) is 0. The van der Waals surface area contributed by atoms with Gasteiger partial charge >= 0.3 is 0 Å². The SMILES string of the molecule is CCCCCC(CN(C=O)OCc1ccccc1)C(=O)NCNC(=O)c1ccc(-c2cccc(SCC)c2)o1. The van der Waals surface area contributed by atoms with Crippen LogP contribution in [0.25, 0.3) is 11.3 Å². The number of hydrogen-bond donors (Lipinski definition) is 2. The molecule has 0 aliphatic rings. The van der Waals surface area contributed by atoms with Gasteiger partial charge in [0.1, 0.15) is 12.4 Å². The molecule has 208 valence electrons. The van der Waals surface area contributed by atoms with Crippen LogP contribution < -0.4 is 10.6 Å². The van der Waals surface area contributed by atoms with Crippen LogP contribution >= 0.6 is 11.8 Å². The van der Waals surface area contributed by atoms with Crippen LogP contribution in [0.15, 0.2) is 76.0 Å². The first-order chi connectivity index (χ1) is 19.0. The molecule has 1 heterocycles. The van der Waals surface area contributed by atoms with E-state index in [1.54, 1.807) is 23.9 Å². The molecule has 3 amide bonds. The standard InChI is InChI=1S/C30H37N3O5S/c1-3-5-7-13-25(19-33(22-34)37-20-23-11-8-6-9-12-23)29(35)31-21-32-30(36)28-17-16-27(38-28)24-14-10-15-26(18-24)39-4-2/h6,8-12,14-18,22,25H,3-5,7,13,19-21H2,1-2H3,(H,31,35)(H,32,36). The minimum atomic E-state index is -0.474. The highest BCUT2D eigenvalue weighted by Gasteiger charge is 2.22. The van der Waals surface area contributed by atoms with Crippen LogP contribution in [0.1, 0.15) is 55.6 Å². The Labute approximate surface area is 234 Å². The van der Waals surface area contributed by atoms with E-state index >= 15 is 0 Å². The van der Waals surface area contributed by atoms with Gasteiger partial charge in [-0.1, -0.05) is 75.6 Å². The van der Waals surface area contributed by atoms with Gasteiger partial charge < -0.3 is 15.1 Å². The summed E-state index contributed by atoms with van der Waals surface area (Å²) in [6.45, 7) is 4.47. The minimum absolute atomic E-state index is 0.0629. The monoisotopic (exact) mass is 551 g/mol. The van der Waals surface area contributed by atoms with Crippen LogP contribution in [0.3, 0.4) is 0 Å². The summed E-state index contributed by atoms with van der Waals surface area (Å²) >= 11 is 1.73. The van der Waals surface area contributed by atoms with Gasteiger partial charge in [-0.25, -0.2) is 5.06 Å². The van der Waals surface area contributed by atoms with Crippen molar-refractivity contribution in [2.75, 3.05) is 19.0 Å². The summed E-state index contributed by atoms with van der Waals surface area (Å²) < 4.78 is 5.77. The predicted molar refractivity (Wildman–Crippen MR) is 153 cm³/mol. The Bertz CT molecular complexity index is 1180. The van der Waals surface area contributed by atoms with Crippen molar-refractivity contribution in [3.63, 3.8) is 0 Å². The molecule has 9 heteroatoms. The van der Waals surface area contributed by atoms with Crippen LogP contribution in [0.5, 0.6) is 0 Å². The number of furan rings is 1. The van der Waals surface area contributed by atoms with Gasteiger partial charge in [-0.2, -0.15) is 0 Å². The molecule has 3 rings (SSSR count). The molecule has 0 saturated heterocycles. The van der Waals surface area contributed by atoms with E-state index in [2.05, 4.69) is 24.5 Å². The van der Waals surface area contributed by atoms with E-state index in [1.165, 1.54) is 5.06 Å². The lowest BCUT2D eigenvalue weighted by Crippen LogP contribution is -2.43. The molecule has 0 aliphatic carbocycles. The average Bonchev–Trinajstić information content (AvgIpc) is 3.46. The second kappa shape index (κ2) is 16.4. The summed E-state index contributed by atoms with van der Waals surface area (Å²) in [6, 6.07) is 20.8. The summed E-state index contributed by atoms with van der Waals surface area (Å²) in [6.07, 6.45) is 4.03. The van der Waals surface area contributed by atoms with Crippen LogP contribution in [-0.2, 0) is 21.0 Å². The number of nitrogens with one attached hydrogen (secondary N) is 2. The zero-order valence-electron chi connectivity index (χ0n) is 22.6. The van der Waals surface area contributed by atoms with Gasteiger partial charge in [0, 0.05) is 10.5 Å². The molecule has 0 radical (unpaired) electrons. The smallest absolute Gasteiger partial charge is 0.288 e. The minimum Gasteiger partial charge on any atom is -0.451 e. The summed E-state index contributed by atoms with van der Waals surface area (Å²) in [5.41, 5.74) is 1.82. The van der Waals surface area contributed by atoms with Crippen molar-refractivity contribution in [3.05, 3.63) is 78.1 Å². The normalized spacial score (nSPS) is 11.5. The van der Waals surface area contributed by atoms with Gasteiger partial charge in [0.05, 0.1) is 19.1 Å². The molecule has 0 aliphatic heterocycles. The van der Waals surface area contributed by atoms with Crippen LogP contribution in [0, 0.1) is 5.92 Å². The predicted octanol–water partition coefficient (Wildman–Crippen LogP) is 5.65.